The van der Waals surface area contributed by atoms with Gasteiger partial charge in [-0.2, -0.15) is 16.9 Å². The van der Waals surface area contributed by atoms with E-state index in [0.717, 1.165) is 49.5 Å². The van der Waals surface area contributed by atoms with Crippen molar-refractivity contribution in [3.63, 3.8) is 0 Å². The molecule has 10 heteroatoms. The fourth-order valence-corrected chi connectivity index (χ4v) is 5.68. The highest BCUT2D eigenvalue weighted by Gasteiger charge is 2.30. The lowest BCUT2D eigenvalue weighted by Gasteiger charge is -2.29. The molecule has 0 atom stereocenters. The number of aromatic carboxylic acids is 1. The Kier molecular flexibility index (Phi) is 5.24. The van der Waals surface area contributed by atoms with E-state index in [-0.39, 0.29) is 22.1 Å². The molecule has 1 aliphatic carbocycles. The zero-order valence-electron chi connectivity index (χ0n) is 15.2. The first kappa shape index (κ1) is 19.1. The number of H-pyrrole nitrogens is 1. The zero-order chi connectivity index (χ0) is 19.7. The van der Waals surface area contributed by atoms with E-state index in [0.29, 0.717) is 5.69 Å². The molecular formula is C18H22N4O4S2. The number of anilines is 2. The van der Waals surface area contributed by atoms with Gasteiger partial charge in [-0.3, -0.25) is 9.82 Å². The second-order valence-corrected chi connectivity index (χ2v) is 9.89. The first-order chi connectivity index (χ1) is 13.5. The zero-order valence-corrected chi connectivity index (χ0v) is 16.9. The van der Waals surface area contributed by atoms with Crippen molar-refractivity contribution < 1.29 is 18.3 Å². The van der Waals surface area contributed by atoms with E-state index in [9.17, 15) is 18.3 Å². The number of benzene rings is 1. The molecule has 4 rings (SSSR count). The summed E-state index contributed by atoms with van der Waals surface area (Å²) >= 11 is 1.86. The highest BCUT2D eigenvalue weighted by Crippen LogP contribution is 2.38. The van der Waals surface area contributed by atoms with Gasteiger partial charge in [0.05, 0.1) is 23.1 Å². The summed E-state index contributed by atoms with van der Waals surface area (Å²) < 4.78 is 28.3. The SMILES string of the molecule is O=C(O)c1cc(N2CCSCC2)ccc1NS(=O)(=O)c1cn[nH]c1C1CCC1. The van der Waals surface area contributed by atoms with Crippen LogP contribution in [0.15, 0.2) is 29.3 Å². The Bertz CT molecular complexity index is 979. The maximum Gasteiger partial charge on any atom is 0.337 e. The van der Waals surface area contributed by atoms with Gasteiger partial charge in [-0.1, -0.05) is 6.42 Å². The summed E-state index contributed by atoms with van der Waals surface area (Å²) in [6.45, 7) is 1.68. The number of carbonyl (C=O) groups is 1. The molecule has 3 N–H and O–H groups in total. The number of aromatic nitrogens is 2. The first-order valence-electron chi connectivity index (χ1n) is 9.22. The third-order valence-corrected chi connectivity index (χ3v) is 7.62. The quantitative estimate of drug-likeness (QED) is 0.655. The van der Waals surface area contributed by atoms with Crippen molar-refractivity contribution >= 4 is 39.1 Å². The molecule has 28 heavy (non-hydrogen) atoms. The molecule has 0 radical (unpaired) electrons. The van der Waals surface area contributed by atoms with Crippen molar-refractivity contribution in [2.75, 3.05) is 34.2 Å². The van der Waals surface area contributed by atoms with Crippen LogP contribution in [0.5, 0.6) is 0 Å². The van der Waals surface area contributed by atoms with Gasteiger partial charge in [0.15, 0.2) is 0 Å². The van der Waals surface area contributed by atoms with E-state index in [2.05, 4.69) is 19.8 Å². The van der Waals surface area contributed by atoms with Crippen LogP contribution in [0.25, 0.3) is 0 Å². The van der Waals surface area contributed by atoms with Crippen LogP contribution in [-0.2, 0) is 10.0 Å². The molecule has 2 aliphatic rings. The molecule has 8 nitrogen and oxygen atoms in total. The number of hydrogen-bond acceptors (Lipinski definition) is 6. The van der Waals surface area contributed by atoms with Crippen molar-refractivity contribution in [3.8, 4) is 0 Å². The van der Waals surface area contributed by atoms with Crippen LogP contribution in [0.1, 0.15) is 41.2 Å². The lowest BCUT2D eigenvalue weighted by atomic mass is 9.83. The van der Waals surface area contributed by atoms with Crippen LogP contribution in [0.3, 0.4) is 0 Å². The fraction of sp³-hybridized carbons (Fsp3) is 0.444. The number of carboxylic acids is 1. The lowest BCUT2D eigenvalue weighted by Crippen LogP contribution is -2.32. The number of hydrogen-bond donors (Lipinski definition) is 3. The number of sulfonamides is 1. The first-order valence-corrected chi connectivity index (χ1v) is 11.9. The molecule has 1 aromatic heterocycles. The van der Waals surface area contributed by atoms with Crippen molar-refractivity contribution in [1.29, 1.82) is 0 Å². The molecule has 150 valence electrons. The van der Waals surface area contributed by atoms with Crippen molar-refractivity contribution in [3.05, 3.63) is 35.7 Å². The average molecular weight is 423 g/mol. The minimum Gasteiger partial charge on any atom is -0.478 e. The summed E-state index contributed by atoms with van der Waals surface area (Å²) in [6, 6.07) is 4.84. The Labute approximate surface area is 167 Å². The molecule has 0 unspecified atom stereocenters. The Hall–Kier alpha value is -2.20. The molecule has 1 aliphatic heterocycles. The summed E-state index contributed by atoms with van der Waals surface area (Å²) in [5.41, 5.74) is 1.38. The number of carboxylic acid groups (broad SMARTS) is 1. The summed E-state index contributed by atoms with van der Waals surface area (Å²) in [7, 11) is -3.94. The Morgan fingerprint density at radius 2 is 2.04 bits per heavy atom. The highest BCUT2D eigenvalue weighted by molar-refractivity contribution is 7.99. The van der Waals surface area contributed by atoms with Crippen molar-refractivity contribution in [2.24, 2.45) is 0 Å². The average Bonchev–Trinajstić information content (AvgIpc) is 3.11. The third kappa shape index (κ3) is 3.70. The van der Waals surface area contributed by atoms with E-state index in [1.807, 2.05) is 11.8 Å². The standard InChI is InChI=1S/C18H22N4O4S2/c23-18(24)14-10-13(22-6-8-27-9-7-22)4-5-15(14)21-28(25,26)16-11-19-20-17(16)12-2-1-3-12/h4-5,10-12,21H,1-3,6-9H2,(H,19,20)(H,23,24). The molecule has 1 saturated carbocycles. The van der Waals surface area contributed by atoms with Gasteiger partial charge < -0.3 is 10.0 Å². The van der Waals surface area contributed by atoms with E-state index in [1.54, 1.807) is 12.1 Å². The van der Waals surface area contributed by atoms with Gasteiger partial charge in [-0.15, -0.1) is 0 Å². The minimum atomic E-state index is -3.94. The number of nitrogens with zero attached hydrogens (tertiary/aromatic N) is 2. The summed E-state index contributed by atoms with van der Waals surface area (Å²) in [4.78, 5) is 14.0. The third-order valence-electron chi connectivity index (χ3n) is 5.29. The van der Waals surface area contributed by atoms with E-state index in [4.69, 9.17) is 0 Å². The Morgan fingerprint density at radius 3 is 2.68 bits per heavy atom. The molecule has 1 saturated heterocycles. The van der Waals surface area contributed by atoms with E-state index >= 15 is 0 Å². The normalized spacial score (nSPS) is 17.9. The van der Waals surface area contributed by atoms with Crippen molar-refractivity contribution in [1.82, 2.24) is 10.2 Å². The summed E-state index contributed by atoms with van der Waals surface area (Å²) in [5.74, 6) is 0.965. The number of aromatic amines is 1. The topological polar surface area (TPSA) is 115 Å². The maximum atomic E-state index is 12.9. The fourth-order valence-electron chi connectivity index (χ4n) is 3.50. The molecule has 0 spiro atoms. The molecule has 0 amide bonds. The van der Waals surface area contributed by atoms with Gasteiger partial charge in [0.2, 0.25) is 0 Å². The Balaban J connectivity index is 1.63. The monoisotopic (exact) mass is 422 g/mol. The smallest absolute Gasteiger partial charge is 0.337 e. The predicted molar refractivity (Wildman–Crippen MR) is 109 cm³/mol. The highest BCUT2D eigenvalue weighted by atomic mass is 32.2. The number of rotatable bonds is 6. The van der Waals surface area contributed by atoms with Gasteiger partial charge >= 0.3 is 5.97 Å². The largest absolute Gasteiger partial charge is 0.478 e. The van der Waals surface area contributed by atoms with Gasteiger partial charge in [-0.25, -0.2) is 13.2 Å². The van der Waals surface area contributed by atoms with Crippen molar-refractivity contribution in [2.45, 2.75) is 30.1 Å². The Morgan fingerprint density at radius 1 is 1.29 bits per heavy atom. The molecule has 2 fully saturated rings. The van der Waals surface area contributed by atoms with Gasteiger partial charge in [0.25, 0.3) is 10.0 Å². The van der Waals surface area contributed by atoms with Crippen LogP contribution < -0.4 is 9.62 Å². The second-order valence-electron chi connectivity index (χ2n) is 7.02. The molecule has 2 heterocycles. The molecule has 1 aromatic carbocycles. The van der Waals surface area contributed by atoms with Gasteiger partial charge in [-0.05, 0) is 31.0 Å². The maximum absolute atomic E-state index is 12.9. The number of nitrogens with one attached hydrogen (secondary N) is 2. The minimum absolute atomic E-state index is 0.0587. The molecule has 0 bridgehead atoms. The van der Waals surface area contributed by atoms with Gasteiger partial charge in [0, 0.05) is 36.2 Å². The summed E-state index contributed by atoms with van der Waals surface area (Å²) in [6.07, 6.45) is 4.20. The summed E-state index contributed by atoms with van der Waals surface area (Å²) in [5, 5.41) is 16.3. The van der Waals surface area contributed by atoms with Gasteiger partial charge in [0.1, 0.15) is 4.90 Å². The van der Waals surface area contributed by atoms with Crippen LogP contribution in [0, 0.1) is 0 Å². The molecular weight excluding hydrogens is 400 g/mol. The second kappa shape index (κ2) is 7.67. The van der Waals surface area contributed by atoms with E-state index in [1.165, 1.54) is 12.3 Å². The van der Waals surface area contributed by atoms with E-state index < -0.39 is 16.0 Å². The number of thioether (sulfide) groups is 1. The molecule has 2 aromatic rings. The predicted octanol–water partition coefficient (Wildman–Crippen LogP) is 2.73. The van der Waals surface area contributed by atoms with Crippen LogP contribution >= 0.6 is 11.8 Å². The van der Waals surface area contributed by atoms with Crippen LogP contribution in [0.2, 0.25) is 0 Å². The van der Waals surface area contributed by atoms with Crippen LogP contribution in [-0.4, -0.2) is 54.3 Å². The van der Waals surface area contributed by atoms with Crippen LogP contribution in [0.4, 0.5) is 11.4 Å². The lowest BCUT2D eigenvalue weighted by molar-refractivity contribution is 0.0698.